The minimum atomic E-state index is -0.0831. The molecule has 14 heavy (non-hydrogen) atoms. The Morgan fingerprint density at radius 2 is 1.86 bits per heavy atom. The van der Waals surface area contributed by atoms with E-state index in [0.717, 1.165) is 6.42 Å². The summed E-state index contributed by atoms with van der Waals surface area (Å²) < 4.78 is 0. The lowest BCUT2D eigenvalue weighted by atomic mass is 9.63. The van der Waals surface area contributed by atoms with E-state index in [2.05, 4.69) is 38.1 Å². The predicted molar refractivity (Wildman–Crippen MR) is 58.1 cm³/mol. The summed E-state index contributed by atoms with van der Waals surface area (Å²) in [6.45, 7) is 4.39. The quantitative estimate of drug-likeness (QED) is 0.760. The summed E-state index contributed by atoms with van der Waals surface area (Å²) in [6.07, 6.45) is 0.854. The maximum absolute atomic E-state index is 9.71. The molecule has 0 aromatic heterocycles. The summed E-state index contributed by atoms with van der Waals surface area (Å²) in [5, 5.41) is 9.71. The van der Waals surface area contributed by atoms with E-state index in [9.17, 15) is 5.11 Å². The molecule has 0 bridgehead atoms. The van der Waals surface area contributed by atoms with Crippen molar-refractivity contribution in [3.05, 3.63) is 35.9 Å². The summed E-state index contributed by atoms with van der Waals surface area (Å²) in [7, 11) is 0. The molecule has 1 N–H and O–H groups in total. The molecular formula is C13H18O. The van der Waals surface area contributed by atoms with E-state index in [4.69, 9.17) is 0 Å². The molecule has 1 aliphatic carbocycles. The first kappa shape index (κ1) is 9.72. The predicted octanol–water partition coefficient (Wildman–Crippen LogP) is 2.81. The van der Waals surface area contributed by atoms with Gasteiger partial charge in [0.25, 0.3) is 0 Å². The minimum absolute atomic E-state index is 0.0831. The molecule has 0 heterocycles. The standard InChI is InChI=1S/C13H18O/c1-9(2)13-11(8-12(13)14)10-6-4-3-5-7-10/h3-7,9,11-14H,8H2,1-2H3. The zero-order chi connectivity index (χ0) is 10.1. The Hall–Kier alpha value is -0.820. The maximum atomic E-state index is 9.71. The van der Waals surface area contributed by atoms with E-state index < -0.39 is 0 Å². The van der Waals surface area contributed by atoms with Crippen LogP contribution in [0, 0.1) is 11.8 Å². The van der Waals surface area contributed by atoms with E-state index in [-0.39, 0.29) is 6.10 Å². The Morgan fingerprint density at radius 1 is 1.21 bits per heavy atom. The van der Waals surface area contributed by atoms with Crippen LogP contribution in [0.4, 0.5) is 0 Å². The van der Waals surface area contributed by atoms with Crippen LogP contribution in [-0.2, 0) is 0 Å². The first-order valence-electron chi connectivity index (χ1n) is 5.43. The van der Waals surface area contributed by atoms with Gasteiger partial charge < -0.3 is 5.11 Å². The molecule has 0 aliphatic heterocycles. The smallest absolute Gasteiger partial charge is 0.0582 e. The second kappa shape index (κ2) is 3.74. The third-order valence-electron chi connectivity index (χ3n) is 3.40. The highest BCUT2D eigenvalue weighted by Crippen LogP contribution is 2.46. The van der Waals surface area contributed by atoms with Crippen molar-refractivity contribution in [2.75, 3.05) is 0 Å². The van der Waals surface area contributed by atoms with E-state index >= 15 is 0 Å². The average Bonchev–Trinajstić information content (AvgIpc) is 2.14. The van der Waals surface area contributed by atoms with E-state index in [1.165, 1.54) is 5.56 Å². The molecule has 2 rings (SSSR count). The summed E-state index contributed by atoms with van der Waals surface area (Å²) in [4.78, 5) is 0. The fourth-order valence-corrected chi connectivity index (χ4v) is 2.61. The van der Waals surface area contributed by atoms with Gasteiger partial charge in [0.2, 0.25) is 0 Å². The first-order chi connectivity index (χ1) is 6.70. The highest BCUT2D eigenvalue weighted by molar-refractivity contribution is 5.24. The van der Waals surface area contributed by atoms with Crippen molar-refractivity contribution in [1.82, 2.24) is 0 Å². The fourth-order valence-electron chi connectivity index (χ4n) is 2.61. The molecule has 0 amide bonds. The van der Waals surface area contributed by atoms with Crippen molar-refractivity contribution in [2.45, 2.75) is 32.3 Å². The number of rotatable bonds is 2. The fraction of sp³-hybridized carbons (Fsp3) is 0.538. The third kappa shape index (κ3) is 1.57. The number of aliphatic hydroxyl groups excluding tert-OH is 1. The van der Waals surface area contributed by atoms with Gasteiger partial charge in [0, 0.05) is 0 Å². The van der Waals surface area contributed by atoms with Crippen molar-refractivity contribution in [3.8, 4) is 0 Å². The van der Waals surface area contributed by atoms with Crippen molar-refractivity contribution < 1.29 is 5.11 Å². The summed E-state index contributed by atoms with van der Waals surface area (Å²) in [6, 6.07) is 10.6. The molecule has 76 valence electrons. The Kier molecular flexibility index (Phi) is 2.60. The van der Waals surface area contributed by atoms with Gasteiger partial charge in [-0.3, -0.25) is 0 Å². The van der Waals surface area contributed by atoms with Crippen molar-refractivity contribution >= 4 is 0 Å². The van der Waals surface area contributed by atoms with Crippen LogP contribution in [0.2, 0.25) is 0 Å². The van der Waals surface area contributed by atoms with Crippen LogP contribution in [0.5, 0.6) is 0 Å². The molecule has 3 atom stereocenters. The number of aliphatic hydroxyl groups is 1. The number of benzene rings is 1. The molecule has 1 heteroatoms. The lowest BCUT2D eigenvalue weighted by Gasteiger charge is -2.44. The molecule has 1 aromatic carbocycles. The first-order valence-corrected chi connectivity index (χ1v) is 5.43. The molecule has 0 radical (unpaired) electrons. The van der Waals surface area contributed by atoms with Crippen LogP contribution in [-0.4, -0.2) is 11.2 Å². The van der Waals surface area contributed by atoms with E-state index in [0.29, 0.717) is 17.8 Å². The molecule has 0 spiro atoms. The van der Waals surface area contributed by atoms with Gasteiger partial charge in [-0.05, 0) is 29.7 Å². The second-order valence-corrected chi connectivity index (χ2v) is 4.64. The van der Waals surface area contributed by atoms with Crippen LogP contribution < -0.4 is 0 Å². The van der Waals surface area contributed by atoms with Gasteiger partial charge in [-0.2, -0.15) is 0 Å². The van der Waals surface area contributed by atoms with Crippen LogP contribution in [0.3, 0.4) is 0 Å². The van der Waals surface area contributed by atoms with Crippen molar-refractivity contribution in [1.29, 1.82) is 0 Å². The average molecular weight is 190 g/mol. The van der Waals surface area contributed by atoms with Crippen LogP contribution in [0.25, 0.3) is 0 Å². The lowest BCUT2D eigenvalue weighted by Crippen LogP contribution is -2.42. The molecule has 1 aliphatic rings. The monoisotopic (exact) mass is 190 g/mol. The SMILES string of the molecule is CC(C)C1C(O)CC1c1ccccc1. The molecule has 3 unspecified atom stereocenters. The highest BCUT2D eigenvalue weighted by atomic mass is 16.3. The topological polar surface area (TPSA) is 20.2 Å². The van der Waals surface area contributed by atoms with Crippen LogP contribution in [0.15, 0.2) is 30.3 Å². The van der Waals surface area contributed by atoms with Gasteiger partial charge in [-0.25, -0.2) is 0 Å². The van der Waals surface area contributed by atoms with Gasteiger partial charge in [-0.15, -0.1) is 0 Å². The summed E-state index contributed by atoms with van der Waals surface area (Å²) >= 11 is 0. The zero-order valence-electron chi connectivity index (χ0n) is 8.85. The van der Waals surface area contributed by atoms with Crippen molar-refractivity contribution in [2.24, 2.45) is 11.8 Å². The highest BCUT2D eigenvalue weighted by Gasteiger charge is 2.42. The Labute approximate surface area is 85.8 Å². The Bertz CT molecular complexity index is 287. The molecular weight excluding hydrogens is 172 g/mol. The van der Waals surface area contributed by atoms with E-state index in [1.807, 2.05) is 6.07 Å². The summed E-state index contributed by atoms with van der Waals surface area (Å²) in [5.41, 5.74) is 1.39. The lowest BCUT2D eigenvalue weighted by molar-refractivity contribution is -0.0239. The summed E-state index contributed by atoms with van der Waals surface area (Å²) in [5.74, 6) is 1.60. The van der Waals surface area contributed by atoms with Gasteiger partial charge in [0.1, 0.15) is 0 Å². The molecule has 1 fully saturated rings. The number of hydrogen-bond donors (Lipinski definition) is 1. The van der Waals surface area contributed by atoms with Crippen LogP contribution >= 0.6 is 0 Å². The molecule has 1 nitrogen and oxygen atoms in total. The molecule has 1 saturated carbocycles. The third-order valence-corrected chi connectivity index (χ3v) is 3.40. The molecule has 1 aromatic rings. The maximum Gasteiger partial charge on any atom is 0.0582 e. The minimum Gasteiger partial charge on any atom is -0.393 e. The van der Waals surface area contributed by atoms with Crippen molar-refractivity contribution in [3.63, 3.8) is 0 Å². The van der Waals surface area contributed by atoms with E-state index in [1.54, 1.807) is 0 Å². The zero-order valence-corrected chi connectivity index (χ0v) is 8.85. The largest absolute Gasteiger partial charge is 0.393 e. The number of hydrogen-bond acceptors (Lipinski definition) is 1. The van der Waals surface area contributed by atoms with Crippen LogP contribution in [0.1, 0.15) is 31.7 Å². The molecule has 0 saturated heterocycles. The Morgan fingerprint density at radius 3 is 2.36 bits per heavy atom. The van der Waals surface area contributed by atoms with Gasteiger partial charge in [-0.1, -0.05) is 44.2 Å². The normalized spacial score (nSPS) is 31.6. The second-order valence-electron chi connectivity index (χ2n) is 4.64. The van der Waals surface area contributed by atoms with Gasteiger partial charge >= 0.3 is 0 Å². The van der Waals surface area contributed by atoms with Gasteiger partial charge in [0.15, 0.2) is 0 Å². The Balaban J connectivity index is 2.14. The van der Waals surface area contributed by atoms with Gasteiger partial charge in [0.05, 0.1) is 6.10 Å².